The Morgan fingerprint density at radius 3 is 2.79 bits per heavy atom. The van der Waals surface area contributed by atoms with E-state index in [0.717, 1.165) is 38.9 Å². The standard InChI is InChI=1S/C14H23N3OS/c1-16(2)14(18)17-8-4-13(5-9-17)15-7-3-12-6-10-19-11-12/h6,10-11,13,15H,3-5,7-9H2,1-2H3. The summed E-state index contributed by atoms with van der Waals surface area (Å²) in [5, 5.41) is 7.94. The van der Waals surface area contributed by atoms with Gasteiger partial charge in [0, 0.05) is 33.2 Å². The van der Waals surface area contributed by atoms with Crippen LogP contribution in [-0.2, 0) is 6.42 Å². The van der Waals surface area contributed by atoms with Crippen molar-refractivity contribution in [1.29, 1.82) is 0 Å². The summed E-state index contributed by atoms with van der Waals surface area (Å²) >= 11 is 1.76. The molecule has 0 spiro atoms. The van der Waals surface area contributed by atoms with E-state index in [0.29, 0.717) is 6.04 Å². The van der Waals surface area contributed by atoms with E-state index < -0.39 is 0 Å². The van der Waals surface area contributed by atoms with Crippen molar-refractivity contribution in [3.63, 3.8) is 0 Å². The highest BCUT2D eigenvalue weighted by Gasteiger charge is 2.23. The maximum absolute atomic E-state index is 11.8. The molecule has 1 aromatic heterocycles. The first-order chi connectivity index (χ1) is 9.16. The van der Waals surface area contributed by atoms with Crippen molar-refractivity contribution >= 4 is 17.4 Å². The third kappa shape index (κ3) is 4.21. The first kappa shape index (κ1) is 14.3. The highest BCUT2D eigenvalue weighted by atomic mass is 32.1. The van der Waals surface area contributed by atoms with Crippen LogP contribution in [0.4, 0.5) is 4.79 Å². The van der Waals surface area contributed by atoms with E-state index in [-0.39, 0.29) is 6.03 Å². The normalized spacial score (nSPS) is 16.6. The first-order valence-corrected chi connectivity index (χ1v) is 7.82. The molecular formula is C14H23N3OS. The first-order valence-electron chi connectivity index (χ1n) is 6.87. The number of thiophene rings is 1. The molecule has 2 amide bonds. The van der Waals surface area contributed by atoms with Crippen LogP contribution in [0.15, 0.2) is 16.8 Å². The van der Waals surface area contributed by atoms with Crippen molar-refractivity contribution in [1.82, 2.24) is 15.1 Å². The van der Waals surface area contributed by atoms with Gasteiger partial charge in [-0.1, -0.05) is 0 Å². The molecule has 1 saturated heterocycles. The number of nitrogens with one attached hydrogen (secondary N) is 1. The molecule has 0 saturated carbocycles. The molecule has 1 fully saturated rings. The molecule has 2 rings (SSSR count). The van der Waals surface area contributed by atoms with Crippen LogP contribution in [-0.4, -0.2) is 55.6 Å². The number of likely N-dealkylation sites (tertiary alicyclic amines) is 1. The third-order valence-corrected chi connectivity index (χ3v) is 4.31. The Kier molecular flexibility index (Phi) is 5.22. The lowest BCUT2D eigenvalue weighted by Gasteiger charge is -2.34. The summed E-state index contributed by atoms with van der Waals surface area (Å²) in [6, 6.07) is 2.88. The summed E-state index contributed by atoms with van der Waals surface area (Å²) < 4.78 is 0. The molecule has 0 unspecified atom stereocenters. The van der Waals surface area contributed by atoms with Gasteiger partial charge in [0.2, 0.25) is 0 Å². The van der Waals surface area contributed by atoms with Crippen LogP contribution in [0.3, 0.4) is 0 Å². The topological polar surface area (TPSA) is 35.6 Å². The molecule has 0 radical (unpaired) electrons. The van der Waals surface area contributed by atoms with Crippen molar-refractivity contribution in [2.24, 2.45) is 0 Å². The fraction of sp³-hybridized carbons (Fsp3) is 0.643. The highest BCUT2D eigenvalue weighted by molar-refractivity contribution is 7.07. The van der Waals surface area contributed by atoms with Crippen molar-refractivity contribution in [3.8, 4) is 0 Å². The zero-order valence-corrected chi connectivity index (χ0v) is 12.6. The summed E-state index contributed by atoms with van der Waals surface area (Å²) in [6.07, 6.45) is 3.22. The Labute approximate surface area is 119 Å². The zero-order valence-electron chi connectivity index (χ0n) is 11.8. The second-order valence-electron chi connectivity index (χ2n) is 5.27. The lowest BCUT2D eigenvalue weighted by molar-refractivity contribution is 0.152. The molecule has 19 heavy (non-hydrogen) atoms. The van der Waals surface area contributed by atoms with E-state index in [9.17, 15) is 4.79 Å². The Morgan fingerprint density at radius 1 is 1.47 bits per heavy atom. The minimum Gasteiger partial charge on any atom is -0.331 e. The van der Waals surface area contributed by atoms with Crippen LogP contribution in [0.2, 0.25) is 0 Å². The molecular weight excluding hydrogens is 258 g/mol. The molecule has 0 bridgehead atoms. The van der Waals surface area contributed by atoms with E-state index in [1.807, 2.05) is 19.0 Å². The minimum atomic E-state index is 0.136. The fourth-order valence-electron chi connectivity index (χ4n) is 2.41. The molecule has 2 heterocycles. The van der Waals surface area contributed by atoms with Gasteiger partial charge in [-0.25, -0.2) is 4.79 Å². The van der Waals surface area contributed by atoms with E-state index in [1.54, 1.807) is 16.2 Å². The fourth-order valence-corrected chi connectivity index (χ4v) is 3.12. The Hall–Kier alpha value is -1.07. The van der Waals surface area contributed by atoms with Crippen LogP contribution in [0.1, 0.15) is 18.4 Å². The van der Waals surface area contributed by atoms with E-state index in [2.05, 4.69) is 22.1 Å². The van der Waals surface area contributed by atoms with Gasteiger partial charge in [0.1, 0.15) is 0 Å². The minimum absolute atomic E-state index is 0.136. The number of rotatable bonds is 4. The SMILES string of the molecule is CN(C)C(=O)N1CCC(NCCc2ccsc2)CC1. The smallest absolute Gasteiger partial charge is 0.319 e. The number of urea groups is 1. The number of piperidine rings is 1. The van der Waals surface area contributed by atoms with Gasteiger partial charge in [0.25, 0.3) is 0 Å². The Bertz CT molecular complexity index is 383. The summed E-state index contributed by atoms with van der Waals surface area (Å²) in [4.78, 5) is 15.4. The van der Waals surface area contributed by atoms with E-state index in [4.69, 9.17) is 0 Å². The van der Waals surface area contributed by atoms with Crippen LogP contribution in [0, 0.1) is 0 Å². The number of amides is 2. The quantitative estimate of drug-likeness (QED) is 0.916. The summed E-state index contributed by atoms with van der Waals surface area (Å²) in [6.45, 7) is 2.77. The number of carbonyl (C=O) groups is 1. The van der Waals surface area contributed by atoms with Gasteiger partial charge >= 0.3 is 6.03 Å². The van der Waals surface area contributed by atoms with Crippen molar-refractivity contribution in [3.05, 3.63) is 22.4 Å². The summed E-state index contributed by atoms with van der Waals surface area (Å²) in [5.41, 5.74) is 1.41. The van der Waals surface area contributed by atoms with Gasteiger partial charge in [-0.2, -0.15) is 11.3 Å². The monoisotopic (exact) mass is 281 g/mol. The molecule has 1 aliphatic heterocycles. The average Bonchev–Trinajstić information content (AvgIpc) is 2.92. The van der Waals surface area contributed by atoms with Gasteiger partial charge in [-0.3, -0.25) is 0 Å². The van der Waals surface area contributed by atoms with Gasteiger partial charge in [0.05, 0.1) is 0 Å². The molecule has 1 aliphatic rings. The number of nitrogens with zero attached hydrogens (tertiary/aromatic N) is 2. The average molecular weight is 281 g/mol. The van der Waals surface area contributed by atoms with Crippen molar-refractivity contribution < 1.29 is 4.79 Å². The predicted molar refractivity (Wildman–Crippen MR) is 79.7 cm³/mol. The van der Waals surface area contributed by atoms with Crippen LogP contribution in [0.25, 0.3) is 0 Å². The van der Waals surface area contributed by atoms with E-state index >= 15 is 0 Å². The lowest BCUT2D eigenvalue weighted by Crippen LogP contribution is -2.48. The summed E-state index contributed by atoms with van der Waals surface area (Å²) in [7, 11) is 3.63. The molecule has 1 N–H and O–H groups in total. The van der Waals surface area contributed by atoms with Crippen LogP contribution < -0.4 is 5.32 Å². The lowest BCUT2D eigenvalue weighted by atomic mass is 10.1. The van der Waals surface area contributed by atoms with Crippen LogP contribution in [0.5, 0.6) is 0 Å². The maximum atomic E-state index is 11.8. The maximum Gasteiger partial charge on any atom is 0.319 e. The van der Waals surface area contributed by atoms with Crippen molar-refractivity contribution in [2.75, 3.05) is 33.7 Å². The zero-order chi connectivity index (χ0) is 13.7. The summed E-state index contributed by atoms with van der Waals surface area (Å²) in [5.74, 6) is 0. The van der Waals surface area contributed by atoms with Crippen LogP contribution >= 0.6 is 11.3 Å². The highest BCUT2D eigenvalue weighted by Crippen LogP contribution is 2.12. The van der Waals surface area contributed by atoms with Gasteiger partial charge in [0.15, 0.2) is 0 Å². The molecule has 0 aliphatic carbocycles. The molecule has 0 atom stereocenters. The van der Waals surface area contributed by atoms with Crippen molar-refractivity contribution in [2.45, 2.75) is 25.3 Å². The predicted octanol–water partition coefficient (Wildman–Crippen LogP) is 2.03. The number of hydrogen-bond acceptors (Lipinski definition) is 3. The molecule has 5 heteroatoms. The Morgan fingerprint density at radius 2 is 2.21 bits per heavy atom. The number of hydrogen-bond donors (Lipinski definition) is 1. The molecule has 4 nitrogen and oxygen atoms in total. The second kappa shape index (κ2) is 6.91. The molecule has 106 valence electrons. The van der Waals surface area contributed by atoms with Gasteiger partial charge in [-0.05, 0) is 48.2 Å². The molecule has 0 aromatic carbocycles. The molecule has 1 aromatic rings. The Balaban J connectivity index is 1.65. The van der Waals surface area contributed by atoms with E-state index in [1.165, 1.54) is 5.56 Å². The van der Waals surface area contributed by atoms with Gasteiger partial charge in [-0.15, -0.1) is 0 Å². The van der Waals surface area contributed by atoms with Gasteiger partial charge < -0.3 is 15.1 Å². The third-order valence-electron chi connectivity index (χ3n) is 3.57. The largest absolute Gasteiger partial charge is 0.331 e. The number of carbonyl (C=O) groups excluding carboxylic acids is 1. The second-order valence-corrected chi connectivity index (χ2v) is 6.05.